The number of hydrogen-bond acceptors (Lipinski definition) is 6. The number of carbonyl (C=O) groups is 3. The molecule has 0 aliphatic carbocycles. The van der Waals surface area contributed by atoms with Crippen molar-refractivity contribution in [1.29, 1.82) is 0 Å². The van der Waals surface area contributed by atoms with Crippen molar-refractivity contribution in [2.45, 2.75) is 65.3 Å². The molecule has 9 heteroatoms. The first-order valence-corrected chi connectivity index (χ1v) is 14.4. The summed E-state index contributed by atoms with van der Waals surface area (Å²) >= 11 is 0. The van der Waals surface area contributed by atoms with E-state index in [1.807, 2.05) is 23.4 Å². The molecule has 1 atom stereocenters. The molecule has 210 valence electrons. The van der Waals surface area contributed by atoms with Gasteiger partial charge in [-0.25, -0.2) is 4.79 Å². The molecule has 2 aromatic rings. The van der Waals surface area contributed by atoms with Crippen molar-refractivity contribution in [2.24, 2.45) is 11.3 Å². The van der Waals surface area contributed by atoms with Gasteiger partial charge in [0.05, 0.1) is 29.1 Å². The molecule has 0 radical (unpaired) electrons. The first-order valence-electron chi connectivity index (χ1n) is 14.4. The molecule has 1 N–H and O–H groups in total. The third-order valence-electron chi connectivity index (χ3n) is 8.41. The highest BCUT2D eigenvalue weighted by Gasteiger charge is 2.39. The SMILES string of the molecule is CCc1nn(C[C@@H](C)COC(=O)c2ccc(C(=O)N3CCCCC3)cc2)c2c1C(=O)NCC1(CCOCC1)C2. The normalized spacial score (nSPS) is 19.6. The van der Waals surface area contributed by atoms with Gasteiger partial charge in [-0.2, -0.15) is 5.10 Å². The number of aromatic nitrogens is 2. The van der Waals surface area contributed by atoms with Gasteiger partial charge in [-0.3, -0.25) is 14.3 Å². The van der Waals surface area contributed by atoms with Crippen LogP contribution < -0.4 is 5.32 Å². The molecule has 1 aromatic carbocycles. The van der Waals surface area contributed by atoms with Crippen molar-refractivity contribution in [1.82, 2.24) is 20.0 Å². The Morgan fingerprint density at radius 1 is 1.10 bits per heavy atom. The zero-order valence-corrected chi connectivity index (χ0v) is 23.2. The van der Waals surface area contributed by atoms with Crippen molar-refractivity contribution < 1.29 is 23.9 Å². The van der Waals surface area contributed by atoms with E-state index in [9.17, 15) is 14.4 Å². The maximum absolute atomic E-state index is 13.0. The molecule has 9 nitrogen and oxygen atoms in total. The van der Waals surface area contributed by atoms with Gasteiger partial charge >= 0.3 is 5.97 Å². The quantitative estimate of drug-likeness (QED) is 0.542. The van der Waals surface area contributed by atoms with E-state index >= 15 is 0 Å². The van der Waals surface area contributed by atoms with Gasteiger partial charge in [0.2, 0.25) is 0 Å². The Morgan fingerprint density at radius 2 is 1.79 bits per heavy atom. The molecule has 0 saturated carbocycles. The van der Waals surface area contributed by atoms with Crippen LogP contribution in [0.4, 0.5) is 0 Å². The number of hydrogen-bond donors (Lipinski definition) is 1. The molecule has 0 unspecified atom stereocenters. The van der Waals surface area contributed by atoms with E-state index in [0.29, 0.717) is 49.4 Å². The molecule has 2 saturated heterocycles. The van der Waals surface area contributed by atoms with E-state index in [4.69, 9.17) is 14.6 Å². The number of fused-ring (bicyclic) bond motifs is 1. The van der Waals surface area contributed by atoms with Gasteiger partial charge in [-0.1, -0.05) is 13.8 Å². The summed E-state index contributed by atoms with van der Waals surface area (Å²) in [5.41, 5.74) is 3.52. The second-order valence-electron chi connectivity index (χ2n) is 11.4. The van der Waals surface area contributed by atoms with Crippen LogP contribution in [0.3, 0.4) is 0 Å². The number of benzene rings is 1. The Hall–Kier alpha value is -3.20. The number of amides is 2. The average molecular weight is 537 g/mol. The summed E-state index contributed by atoms with van der Waals surface area (Å²) in [6, 6.07) is 6.74. The second-order valence-corrected chi connectivity index (χ2v) is 11.4. The Balaban J connectivity index is 1.22. The highest BCUT2D eigenvalue weighted by atomic mass is 16.5. The van der Waals surface area contributed by atoms with Crippen LogP contribution >= 0.6 is 0 Å². The fraction of sp³-hybridized carbons (Fsp3) is 0.600. The number of aryl methyl sites for hydroxylation is 1. The fourth-order valence-corrected chi connectivity index (χ4v) is 6.00. The Morgan fingerprint density at radius 3 is 2.49 bits per heavy atom. The van der Waals surface area contributed by atoms with Crippen LogP contribution in [0.1, 0.15) is 88.4 Å². The van der Waals surface area contributed by atoms with Gasteiger partial charge in [0.25, 0.3) is 11.8 Å². The van der Waals surface area contributed by atoms with Crippen molar-refractivity contribution in [3.8, 4) is 0 Å². The van der Waals surface area contributed by atoms with Crippen LogP contribution in [0, 0.1) is 11.3 Å². The summed E-state index contributed by atoms with van der Waals surface area (Å²) in [6.45, 7) is 8.48. The van der Waals surface area contributed by atoms with Crippen LogP contribution in [0.25, 0.3) is 0 Å². The van der Waals surface area contributed by atoms with Gasteiger partial charge < -0.3 is 19.7 Å². The minimum Gasteiger partial charge on any atom is -0.462 e. The van der Waals surface area contributed by atoms with E-state index in [-0.39, 0.29) is 29.8 Å². The molecule has 3 aliphatic rings. The predicted octanol–water partition coefficient (Wildman–Crippen LogP) is 3.65. The van der Waals surface area contributed by atoms with Gasteiger partial charge in [-0.05, 0) is 74.6 Å². The summed E-state index contributed by atoms with van der Waals surface area (Å²) < 4.78 is 13.2. The van der Waals surface area contributed by atoms with Gasteiger partial charge in [0.1, 0.15) is 0 Å². The topological polar surface area (TPSA) is 103 Å². The largest absolute Gasteiger partial charge is 0.462 e. The molecule has 0 bridgehead atoms. The van der Waals surface area contributed by atoms with E-state index in [2.05, 4.69) is 5.32 Å². The van der Waals surface area contributed by atoms with Crippen molar-refractivity contribution in [3.63, 3.8) is 0 Å². The first-order chi connectivity index (χ1) is 18.9. The van der Waals surface area contributed by atoms with E-state index in [0.717, 1.165) is 56.6 Å². The minimum atomic E-state index is -0.409. The summed E-state index contributed by atoms with van der Waals surface area (Å²) in [4.78, 5) is 40.4. The smallest absolute Gasteiger partial charge is 0.338 e. The van der Waals surface area contributed by atoms with E-state index < -0.39 is 5.97 Å². The molecule has 1 spiro atoms. The molecule has 1 aromatic heterocycles. The average Bonchev–Trinajstić information content (AvgIpc) is 3.24. The monoisotopic (exact) mass is 536 g/mol. The summed E-state index contributed by atoms with van der Waals surface area (Å²) in [5.74, 6) is -0.436. The van der Waals surface area contributed by atoms with E-state index in [1.54, 1.807) is 24.3 Å². The van der Waals surface area contributed by atoms with Crippen molar-refractivity contribution in [2.75, 3.05) is 39.5 Å². The summed E-state index contributed by atoms with van der Waals surface area (Å²) in [6.07, 6.45) is 6.53. The molecule has 39 heavy (non-hydrogen) atoms. The van der Waals surface area contributed by atoms with Crippen LogP contribution in [0.2, 0.25) is 0 Å². The highest BCUT2D eigenvalue weighted by Crippen LogP contribution is 2.37. The number of nitrogens with zero attached hydrogens (tertiary/aromatic N) is 3. The second kappa shape index (κ2) is 11.9. The number of likely N-dealkylation sites (tertiary alicyclic amines) is 1. The fourth-order valence-electron chi connectivity index (χ4n) is 6.00. The zero-order valence-electron chi connectivity index (χ0n) is 23.2. The lowest BCUT2D eigenvalue weighted by molar-refractivity contribution is 0.0151. The maximum atomic E-state index is 13.0. The summed E-state index contributed by atoms with van der Waals surface area (Å²) in [5, 5.41) is 7.97. The zero-order chi connectivity index (χ0) is 27.4. The lowest BCUT2D eigenvalue weighted by Crippen LogP contribution is -2.41. The first kappa shape index (κ1) is 27.4. The molecule has 4 heterocycles. The number of ether oxygens (including phenoxy) is 2. The highest BCUT2D eigenvalue weighted by molar-refractivity contribution is 5.97. The number of piperidine rings is 1. The number of rotatable bonds is 7. The molecular formula is C30H40N4O5. The Bertz CT molecular complexity index is 1190. The van der Waals surface area contributed by atoms with Gasteiger partial charge in [-0.15, -0.1) is 0 Å². The minimum absolute atomic E-state index is 0.000405. The van der Waals surface area contributed by atoms with Crippen LogP contribution in [-0.2, 0) is 28.9 Å². The number of esters is 1. The van der Waals surface area contributed by atoms with Crippen molar-refractivity contribution >= 4 is 17.8 Å². The van der Waals surface area contributed by atoms with Crippen LogP contribution in [0.5, 0.6) is 0 Å². The lowest BCUT2D eigenvalue weighted by atomic mass is 9.76. The van der Waals surface area contributed by atoms with Crippen molar-refractivity contribution in [3.05, 3.63) is 52.3 Å². The third-order valence-corrected chi connectivity index (χ3v) is 8.41. The van der Waals surface area contributed by atoms with Gasteiger partial charge in [0.15, 0.2) is 0 Å². The summed E-state index contributed by atoms with van der Waals surface area (Å²) in [7, 11) is 0. The van der Waals surface area contributed by atoms with Crippen LogP contribution in [0.15, 0.2) is 24.3 Å². The Labute approximate surface area is 230 Å². The standard InChI is InChI=1S/C30H40N4O5/c1-3-24-26-25(17-30(20-31-27(26)35)11-15-38-16-12-30)34(32-24)18-21(2)19-39-29(37)23-9-7-22(8-10-23)28(36)33-13-5-4-6-14-33/h7-10,21H,3-6,11-20H2,1-2H3,(H,31,35)/t21-/m1/s1. The molecule has 2 amide bonds. The third kappa shape index (κ3) is 6.03. The van der Waals surface area contributed by atoms with Crippen LogP contribution in [-0.4, -0.2) is 71.9 Å². The number of nitrogens with one attached hydrogen (secondary N) is 1. The predicted molar refractivity (Wildman–Crippen MR) is 146 cm³/mol. The molecule has 2 fully saturated rings. The maximum Gasteiger partial charge on any atom is 0.338 e. The number of carbonyl (C=O) groups excluding carboxylic acids is 3. The Kier molecular flexibility index (Phi) is 8.35. The lowest BCUT2D eigenvalue weighted by Gasteiger charge is -2.36. The molecule has 5 rings (SSSR count). The van der Waals surface area contributed by atoms with E-state index in [1.165, 1.54) is 6.42 Å². The van der Waals surface area contributed by atoms with Gasteiger partial charge in [0, 0.05) is 50.9 Å². The molecular weight excluding hydrogens is 496 g/mol. The molecule has 3 aliphatic heterocycles.